The first-order chi connectivity index (χ1) is 11.4. The fourth-order valence-corrected chi connectivity index (χ4v) is 3.04. The molecule has 3 N–H and O–H groups in total. The first-order valence-corrected chi connectivity index (χ1v) is 8.66. The van der Waals surface area contributed by atoms with Gasteiger partial charge < -0.3 is 11.1 Å². The zero-order valence-electron chi connectivity index (χ0n) is 14.5. The van der Waals surface area contributed by atoms with Gasteiger partial charge in [-0.2, -0.15) is 0 Å². The third kappa shape index (κ3) is 4.83. The maximum absolute atomic E-state index is 11.3. The Hall–Kier alpha value is -1.84. The zero-order valence-corrected chi connectivity index (χ0v) is 15.3. The maximum Gasteiger partial charge on any atom is 0.248 e. The number of rotatable bonds is 7. The Bertz CT molecular complexity index is 685. The average molecular weight is 345 g/mol. The molecule has 2 aromatic rings. The van der Waals surface area contributed by atoms with E-state index in [0.29, 0.717) is 16.5 Å². The molecule has 0 aliphatic carbocycles. The summed E-state index contributed by atoms with van der Waals surface area (Å²) in [4.78, 5) is 11.3. The SMILES string of the molecule is Cc1cc(C(N)=O)cc(Cl)c1-c1ccc(CNCCC(C)C)cc1. The summed E-state index contributed by atoms with van der Waals surface area (Å²) in [7, 11) is 0. The van der Waals surface area contributed by atoms with Gasteiger partial charge in [0.1, 0.15) is 0 Å². The molecule has 0 bridgehead atoms. The summed E-state index contributed by atoms with van der Waals surface area (Å²) in [5.74, 6) is 0.253. The van der Waals surface area contributed by atoms with Crippen LogP contribution in [0.2, 0.25) is 5.02 Å². The van der Waals surface area contributed by atoms with Gasteiger partial charge in [0.25, 0.3) is 0 Å². The van der Waals surface area contributed by atoms with Crippen LogP contribution in [0.1, 0.15) is 41.8 Å². The smallest absolute Gasteiger partial charge is 0.248 e. The van der Waals surface area contributed by atoms with E-state index in [1.54, 1.807) is 12.1 Å². The molecule has 3 nitrogen and oxygen atoms in total. The van der Waals surface area contributed by atoms with E-state index in [4.69, 9.17) is 17.3 Å². The number of hydrogen-bond acceptors (Lipinski definition) is 2. The Balaban J connectivity index is 2.12. The highest BCUT2D eigenvalue weighted by Gasteiger charge is 2.11. The molecule has 0 saturated carbocycles. The summed E-state index contributed by atoms with van der Waals surface area (Å²) < 4.78 is 0. The van der Waals surface area contributed by atoms with Crippen LogP contribution in [0.15, 0.2) is 36.4 Å². The first kappa shape index (κ1) is 18.5. The molecule has 2 aromatic carbocycles. The van der Waals surface area contributed by atoms with Gasteiger partial charge in [-0.1, -0.05) is 49.7 Å². The van der Waals surface area contributed by atoms with Gasteiger partial charge >= 0.3 is 0 Å². The second-order valence-corrected chi connectivity index (χ2v) is 6.98. The number of primary amides is 1. The van der Waals surface area contributed by atoms with Gasteiger partial charge in [-0.15, -0.1) is 0 Å². The lowest BCUT2D eigenvalue weighted by Crippen LogP contribution is -2.16. The second-order valence-electron chi connectivity index (χ2n) is 6.57. The van der Waals surface area contributed by atoms with Crippen LogP contribution in [0.4, 0.5) is 0 Å². The molecule has 0 heterocycles. The van der Waals surface area contributed by atoms with E-state index in [1.165, 1.54) is 12.0 Å². The highest BCUT2D eigenvalue weighted by Crippen LogP contribution is 2.32. The molecular formula is C20H25ClN2O. The van der Waals surface area contributed by atoms with Crippen LogP contribution < -0.4 is 11.1 Å². The molecule has 0 aromatic heterocycles. The lowest BCUT2D eigenvalue weighted by molar-refractivity contribution is 0.1000. The van der Waals surface area contributed by atoms with E-state index in [1.807, 2.05) is 6.92 Å². The Morgan fingerprint density at radius 3 is 2.42 bits per heavy atom. The number of nitrogens with one attached hydrogen (secondary N) is 1. The minimum Gasteiger partial charge on any atom is -0.366 e. The second kappa shape index (κ2) is 8.32. The van der Waals surface area contributed by atoms with E-state index in [-0.39, 0.29) is 0 Å². The molecule has 1 amide bonds. The molecule has 24 heavy (non-hydrogen) atoms. The normalized spacial score (nSPS) is 11.0. The quantitative estimate of drug-likeness (QED) is 0.724. The number of nitrogens with two attached hydrogens (primary N) is 1. The van der Waals surface area contributed by atoms with E-state index in [9.17, 15) is 4.79 Å². The third-order valence-electron chi connectivity index (χ3n) is 4.04. The number of hydrogen-bond donors (Lipinski definition) is 2. The Labute approximate surface area is 149 Å². The molecule has 2 rings (SSSR count). The van der Waals surface area contributed by atoms with Crippen molar-refractivity contribution in [2.24, 2.45) is 11.7 Å². The molecule has 128 valence electrons. The molecule has 4 heteroatoms. The zero-order chi connectivity index (χ0) is 17.7. The third-order valence-corrected chi connectivity index (χ3v) is 4.34. The number of carbonyl (C=O) groups is 1. The number of halogens is 1. The van der Waals surface area contributed by atoms with Gasteiger partial charge in [0, 0.05) is 22.7 Å². The minimum atomic E-state index is -0.464. The molecule has 0 aliphatic heterocycles. The van der Waals surface area contributed by atoms with Crippen LogP contribution in [0.25, 0.3) is 11.1 Å². The monoisotopic (exact) mass is 344 g/mol. The van der Waals surface area contributed by atoms with E-state index >= 15 is 0 Å². The Kier molecular flexibility index (Phi) is 6.41. The van der Waals surface area contributed by atoms with Gasteiger partial charge in [-0.05, 0) is 54.6 Å². The number of aryl methyl sites for hydroxylation is 1. The standard InChI is InChI=1S/C20H25ClN2O/c1-13(2)8-9-23-12-15-4-6-16(7-5-15)19-14(3)10-17(20(22)24)11-18(19)21/h4-7,10-11,13,23H,8-9,12H2,1-3H3,(H2,22,24). The summed E-state index contributed by atoms with van der Waals surface area (Å²) in [5.41, 5.74) is 9.94. The van der Waals surface area contributed by atoms with Gasteiger partial charge in [-0.25, -0.2) is 0 Å². The van der Waals surface area contributed by atoms with Gasteiger partial charge in [-0.3, -0.25) is 4.79 Å². The predicted molar refractivity (Wildman–Crippen MR) is 101 cm³/mol. The van der Waals surface area contributed by atoms with Crippen molar-refractivity contribution in [3.8, 4) is 11.1 Å². The van der Waals surface area contributed by atoms with Crippen molar-refractivity contribution in [2.45, 2.75) is 33.7 Å². The lowest BCUT2D eigenvalue weighted by atomic mass is 9.97. The number of carbonyl (C=O) groups excluding carboxylic acids is 1. The van der Waals surface area contributed by atoms with Crippen molar-refractivity contribution in [1.82, 2.24) is 5.32 Å². The van der Waals surface area contributed by atoms with E-state index in [0.717, 1.165) is 29.8 Å². The number of benzene rings is 2. The molecule has 0 spiro atoms. The van der Waals surface area contributed by atoms with Crippen molar-refractivity contribution in [3.05, 3.63) is 58.1 Å². The van der Waals surface area contributed by atoms with Gasteiger partial charge in [0.15, 0.2) is 0 Å². The molecule has 0 unspecified atom stereocenters. The summed E-state index contributed by atoms with van der Waals surface area (Å²) >= 11 is 6.36. The lowest BCUT2D eigenvalue weighted by Gasteiger charge is -2.12. The fourth-order valence-electron chi connectivity index (χ4n) is 2.66. The first-order valence-electron chi connectivity index (χ1n) is 8.28. The fraction of sp³-hybridized carbons (Fsp3) is 0.350. The molecule has 0 saturated heterocycles. The van der Waals surface area contributed by atoms with E-state index in [2.05, 4.69) is 43.4 Å². The molecule has 0 atom stereocenters. The topological polar surface area (TPSA) is 55.1 Å². The van der Waals surface area contributed by atoms with Crippen LogP contribution in [-0.4, -0.2) is 12.5 Å². The van der Waals surface area contributed by atoms with Crippen molar-refractivity contribution in [3.63, 3.8) is 0 Å². The molecule has 0 radical (unpaired) electrons. The van der Waals surface area contributed by atoms with E-state index < -0.39 is 5.91 Å². The Morgan fingerprint density at radius 1 is 1.21 bits per heavy atom. The molecular weight excluding hydrogens is 320 g/mol. The highest BCUT2D eigenvalue weighted by molar-refractivity contribution is 6.34. The summed E-state index contributed by atoms with van der Waals surface area (Å²) in [6, 6.07) is 11.8. The molecule has 0 aliphatic rings. The van der Waals surface area contributed by atoms with Crippen LogP contribution in [0.3, 0.4) is 0 Å². The summed E-state index contributed by atoms with van der Waals surface area (Å²) in [5, 5.41) is 4.01. The highest BCUT2D eigenvalue weighted by atomic mass is 35.5. The van der Waals surface area contributed by atoms with Gasteiger partial charge in [0.2, 0.25) is 5.91 Å². The predicted octanol–water partition coefficient (Wildman–Crippen LogP) is 4.55. The average Bonchev–Trinajstić information content (AvgIpc) is 2.52. The van der Waals surface area contributed by atoms with Crippen LogP contribution in [-0.2, 0) is 6.54 Å². The molecule has 0 fully saturated rings. The maximum atomic E-state index is 11.3. The van der Waals surface area contributed by atoms with Crippen molar-refractivity contribution in [2.75, 3.05) is 6.54 Å². The van der Waals surface area contributed by atoms with Crippen LogP contribution >= 0.6 is 11.6 Å². The van der Waals surface area contributed by atoms with Gasteiger partial charge in [0.05, 0.1) is 0 Å². The van der Waals surface area contributed by atoms with Crippen LogP contribution in [0.5, 0.6) is 0 Å². The van der Waals surface area contributed by atoms with Crippen molar-refractivity contribution in [1.29, 1.82) is 0 Å². The largest absolute Gasteiger partial charge is 0.366 e. The Morgan fingerprint density at radius 2 is 1.88 bits per heavy atom. The van der Waals surface area contributed by atoms with Crippen LogP contribution in [0, 0.1) is 12.8 Å². The minimum absolute atomic E-state index is 0.437. The summed E-state index contributed by atoms with van der Waals surface area (Å²) in [6.07, 6.45) is 1.18. The van der Waals surface area contributed by atoms with Crippen molar-refractivity contribution >= 4 is 17.5 Å². The number of amides is 1. The van der Waals surface area contributed by atoms with Crippen molar-refractivity contribution < 1.29 is 4.79 Å². The summed E-state index contributed by atoms with van der Waals surface area (Å²) in [6.45, 7) is 8.28.